The first-order valence-electron chi connectivity index (χ1n) is 3.80. The van der Waals surface area contributed by atoms with Crippen molar-refractivity contribution in [1.29, 1.82) is 0 Å². The van der Waals surface area contributed by atoms with Crippen molar-refractivity contribution in [3.8, 4) is 0 Å². The summed E-state index contributed by atoms with van der Waals surface area (Å²) in [5.74, 6) is -23.9. The Morgan fingerprint density at radius 2 is 0.737 bits per heavy atom. The van der Waals surface area contributed by atoms with Crippen molar-refractivity contribution in [3.63, 3.8) is 0 Å². The van der Waals surface area contributed by atoms with Gasteiger partial charge in [0, 0.05) is 0 Å². The fourth-order valence-corrected chi connectivity index (χ4v) is 0.726. The molecule has 0 nitrogen and oxygen atoms in total. The number of alkyl halides is 13. The van der Waals surface area contributed by atoms with E-state index in [9.17, 15) is 52.7 Å². The van der Waals surface area contributed by atoms with Crippen LogP contribution in [-0.2, 0) is 0 Å². The van der Waals surface area contributed by atoms with Crippen LogP contribution in [0.4, 0.5) is 52.7 Å². The smallest absolute Gasteiger partial charge is 0.220 e. The highest BCUT2D eigenvalue weighted by Gasteiger charge is 3.01. The zero-order chi connectivity index (χ0) is 16.1. The van der Waals surface area contributed by atoms with Crippen LogP contribution in [0.1, 0.15) is 0 Å². The minimum Gasteiger partial charge on any atom is -0.220 e. The third kappa shape index (κ3) is 2.42. The molecule has 1 saturated carbocycles. The molecule has 116 valence electrons. The van der Waals surface area contributed by atoms with Crippen LogP contribution in [0.2, 0.25) is 0 Å². The second kappa shape index (κ2) is 4.48. The van der Waals surface area contributed by atoms with E-state index in [1.54, 1.807) is 0 Å². The normalized spacial score (nSPS) is 27.6. The van der Waals surface area contributed by atoms with Crippen molar-refractivity contribution >= 4 is 11.6 Å². The van der Waals surface area contributed by atoms with E-state index in [-0.39, 0.29) is 0 Å². The highest BCUT2D eigenvalue weighted by molar-refractivity contribution is 6.20. The van der Waals surface area contributed by atoms with Gasteiger partial charge in [0.25, 0.3) is 5.63 Å². The molecule has 0 aromatic rings. The third-order valence-electron chi connectivity index (χ3n) is 1.82. The number of hydrogen-bond acceptors (Lipinski definition) is 0. The van der Waals surface area contributed by atoms with Crippen molar-refractivity contribution in [2.75, 3.05) is 0 Å². The fourth-order valence-electron chi connectivity index (χ4n) is 0.726. The number of halogens is 13. The van der Waals surface area contributed by atoms with Crippen LogP contribution >= 0.6 is 11.6 Å². The quantitative estimate of drug-likeness (QED) is 0.447. The SMILES string of the molecule is FC(Cl)C(F)(F)F.FC1(F)C(F)(F)C(F)(F)C1(F)F. The van der Waals surface area contributed by atoms with Crippen LogP contribution in [0.25, 0.3) is 0 Å². The first-order chi connectivity index (χ1) is 7.94. The summed E-state index contributed by atoms with van der Waals surface area (Å²) in [5.41, 5.74) is -3.23. The van der Waals surface area contributed by atoms with Gasteiger partial charge in [0.2, 0.25) is 0 Å². The van der Waals surface area contributed by atoms with Gasteiger partial charge in [0.1, 0.15) is 0 Å². The predicted octanol–water partition coefficient (Wildman–Crippen LogP) is 4.62. The Balaban J connectivity index is 0.000000399. The van der Waals surface area contributed by atoms with Gasteiger partial charge < -0.3 is 0 Å². The summed E-state index contributed by atoms with van der Waals surface area (Å²) in [6, 6.07) is 0. The molecule has 0 bridgehead atoms. The molecule has 0 amide bonds. The van der Waals surface area contributed by atoms with Crippen molar-refractivity contribution in [3.05, 3.63) is 0 Å². The molecule has 0 radical (unpaired) electrons. The van der Waals surface area contributed by atoms with E-state index in [0.29, 0.717) is 0 Å². The molecule has 0 heterocycles. The second-order valence-electron chi connectivity index (χ2n) is 3.14. The van der Waals surface area contributed by atoms with Crippen LogP contribution in [0.5, 0.6) is 0 Å². The molecule has 0 aliphatic heterocycles. The van der Waals surface area contributed by atoms with Gasteiger partial charge in [-0.05, 0) is 0 Å². The monoisotopic (exact) mass is 336 g/mol. The summed E-state index contributed by atoms with van der Waals surface area (Å²) in [5, 5.41) is 0. The molecule has 0 spiro atoms. The number of rotatable bonds is 0. The van der Waals surface area contributed by atoms with Gasteiger partial charge in [-0.3, -0.25) is 0 Å². The van der Waals surface area contributed by atoms with Crippen LogP contribution in [0.15, 0.2) is 0 Å². The van der Waals surface area contributed by atoms with E-state index in [2.05, 4.69) is 11.6 Å². The zero-order valence-corrected chi connectivity index (χ0v) is 8.75. The zero-order valence-electron chi connectivity index (χ0n) is 7.99. The molecule has 0 saturated heterocycles. The van der Waals surface area contributed by atoms with Gasteiger partial charge in [-0.25, -0.2) is 4.39 Å². The summed E-state index contributed by atoms with van der Waals surface area (Å²) in [7, 11) is 0. The molecule has 1 atom stereocenters. The lowest BCUT2D eigenvalue weighted by Crippen LogP contribution is -2.82. The van der Waals surface area contributed by atoms with E-state index in [4.69, 9.17) is 0 Å². The molecular formula is C6HClF12. The van der Waals surface area contributed by atoms with Gasteiger partial charge in [-0.2, -0.15) is 48.3 Å². The first kappa shape index (κ1) is 18.4. The summed E-state index contributed by atoms with van der Waals surface area (Å²) >= 11 is 3.96. The number of hydrogen-bond donors (Lipinski definition) is 0. The van der Waals surface area contributed by atoms with Crippen LogP contribution in [0, 0.1) is 0 Å². The topological polar surface area (TPSA) is 0 Å². The third-order valence-corrected chi connectivity index (χ3v) is 2.07. The maximum Gasteiger partial charge on any atom is 0.433 e. The van der Waals surface area contributed by atoms with Gasteiger partial charge in [0.05, 0.1) is 0 Å². The van der Waals surface area contributed by atoms with E-state index in [0.717, 1.165) is 0 Å². The lowest BCUT2D eigenvalue weighted by molar-refractivity contribution is -0.506. The minimum atomic E-state index is -5.97. The van der Waals surface area contributed by atoms with Crippen LogP contribution < -0.4 is 0 Å². The molecule has 19 heavy (non-hydrogen) atoms. The Bertz CT molecular complexity index is 264. The summed E-state index contributed by atoms with van der Waals surface area (Å²) < 4.78 is 136. The summed E-state index contributed by atoms with van der Waals surface area (Å²) in [4.78, 5) is 0. The average Bonchev–Trinajstić information content (AvgIpc) is 2.14. The Labute approximate surface area is 101 Å². The Hall–Kier alpha value is -0.550. The van der Waals surface area contributed by atoms with Crippen molar-refractivity contribution in [2.45, 2.75) is 35.5 Å². The van der Waals surface area contributed by atoms with E-state index in [1.807, 2.05) is 0 Å². The molecule has 0 aromatic carbocycles. The molecule has 0 aromatic heterocycles. The fraction of sp³-hybridized carbons (Fsp3) is 1.00. The van der Waals surface area contributed by atoms with E-state index < -0.39 is 35.5 Å². The lowest BCUT2D eigenvalue weighted by atomic mass is 9.80. The minimum absolute atomic E-state index is 3.23. The molecule has 13 heteroatoms. The van der Waals surface area contributed by atoms with Gasteiger partial charge in [-0.15, -0.1) is 0 Å². The molecule has 0 N–H and O–H groups in total. The first-order valence-corrected chi connectivity index (χ1v) is 4.24. The Morgan fingerprint density at radius 3 is 0.789 bits per heavy atom. The lowest BCUT2D eigenvalue weighted by Gasteiger charge is -2.49. The molecule has 1 unspecified atom stereocenters. The largest absolute Gasteiger partial charge is 0.433 e. The average molecular weight is 337 g/mol. The van der Waals surface area contributed by atoms with E-state index >= 15 is 0 Å². The van der Waals surface area contributed by atoms with Crippen LogP contribution in [-0.4, -0.2) is 35.5 Å². The maximum atomic E-state index is 11.6. The Kier molecular flexibility index (Phi) is 4.35. The van der Waals surface area contributed by atoms with Gasteiger partial charge in [0.15, 0.2) is 0 Å². The summed E-state index contributed by atoms with van der Waals surface area (Å²) in [6.07, 6.45) is -4.90. The highest BCUT2D eigenvalue weighted by atomic mass is 35.5. The van der Waals surface area contributed by atoms with Crippen molar-refractivity contribution in [1.82, 2.24) is 0 Å². The molecule has 1 fully saturated rings. The van der Waals surface area contributed by atoms with Crippen LogP contribution in [0.3, 0.4) is 0 Å². The predicted molar refractivity (Wildman–Crippen MR) is 36.6 cm³/mol. The molecule has 1 aliphatic rings. The molecular weight excluding hydrogens is 335 g/mol. The second-order valence-corrected chi connectivity index (χ2v) is 3.52. The highest BCUT2D eigenvalue weighted by Crippen LogP contribution is 2.69. The molecule has 1 aliphatic carbocycles. The summed E-state index contributed by atoms with van der Waals surface area (Å²) in [6.45, 7) is 0. The molecule has 1 rings (SSSR count). The van der Waals surface area contributed by atoms with Crippen molar-refractivity contribution < 1.29 is 52.7 Å². The van der Waals surface area contributed by atoms with Gasteiger partial charge >= 0.3 is 29.9 Å². The maximum absolute atomic E-state index is 11.6. The van der Waals surface area contributed by atoms with Crippen molar-refractivity contribution in [2.24, 2.45) is 0 Å². The van der Waals surface area contributed by atoms with E-state index in [1.165, 1.54) is 0 Å². The standard InChI is InChI=1S/C4F8.C2HClF4/c5-1(6)2(7,8)4(11,12)3(1,9)10;3-1(4)2(5,6)7/h;1H. The Morgan fingerprint density at radius 1 is 0.632 bits per heavy atom. The van der Waals surface area contributed by atoms with Gasteiger partial charge in [-0.1, -0.05) is 11.6 Å².